The van der Waals surface area contributed by atoms with E-state index >= 15 is 0 Å². The lowest BCUT2D eigenvalue weighted by atomic mass is 10.2. The van der Waals surface area contributed by atoms with Crippen LogP contribution in [0, 0.1) is 0 Å². The number of rotatable bonds is 21. The molecule has 0 atom stereocenters. The molecule has 0 fully saturated rings. The van der Waals surface area contributed by atoms with Gasteiger partial charge >= 0.3 is 0 Å². The minimum Gasteiger partial charge on any atom is -0.103 e. The predicted molar refractivity (Wildman–Crippen MR) is 200 cm³/mol. The maximum atomic E-state index is 4.06. The van der Waals surface area contributed by atoms with Gasteiger partial charge in [-0.1, -0.05) is 121 Å². The van der Waals surface area contributed by atoms with Crippen LogP contribution in [-0.2, 0) is 12.8 Å². The molecule has 0 N–H and O–H groups in total. The first-order valence-electron chi connectivity index (χ1n) is 15.4. The van der Waals surface area contributed by atoms with Gasteiger partial charge in [-0.15, -0.1) is 39.5 Å². The Morgan fingerprint density at radius 3 is 1.10 bits per heavy atom. The molecule has 0 unspecified atom stereocenters. The van der Waals surface area contributed by atoms with Gasteiger partial charge in [0, 0.05) is 5.66 Å². The molecule has 42 heavy (non-hydrogen) atoms. The van der Waals surface area contributed by atoms with Crippen molar-refractivity contribution in [3.63, 3.8) is 0 Å². The highest BCUT2D eigenvalue weighted by atomic mass is 31.1. The summed E-state index contributed by atoms with van der Waals surface area (Å²) in [5.74, 6) is 0. The Morgan fingerprint density at radius 1 is 0.500 bits per heavy atom. The molecule has 2 aromatic rings. The lowest BCUT2D eigenvalue weighted by Gasteiger charge is -2.29. The summed E-state index contributed by atoms with van der Waals surface area (Å²) in [7, 11) is -3.52. The topological polar surface area (TPSA) is 0 Å². The van der Waals surface area contributed by atoms with Crippen molar-refractivity contribution in [3.05, 3.63) is 160 Å². The van der Waals surface area contributed by atoms with E-state index in [1.165, 1.54) is 33.8 Å². The fourth-order valence-corrected chi connectivity index (χ4v) is 16.5. The van der Waals surface area contributed by atoms with Crippen molar-refractivity contribution in [2.75, 3.05) is 0 Å². The molecule has 0 nitrogen and oxygen atoms in total. The minimum absolute atomic E-state index is 0.442. The zero-order chi connectivity index (χ0) is 30.3. The monoisotopic (exact) mass is 606 g/mol. The van der Waals surface area contributed by atoms with Crippen LogP contribution in [0.2, 0.25) is 48.4 Å². The van der Waals surface area contributed by atoms with Gasteiger partial charge in [0.05, 0.1) is 16.1 Å². The van der Waals surface area contributed by atoms with Crippen LogP contribution in [0.3, 0.4) is 0 Å². The van der Waals surface area contributed by atoms with Crippen LogP contribution in [-0.4, -0.2) is 21.8 Å². The molecule has 0 heterocycles. The summed E-state index contributed by atoms with van der Waals surface area (Å²) < 4.78 is 0. The van der Waals surface area contributed by atoms with E-state index in [-0.39, 0.29) is 0 Å². The third kappa shape index (κ3) is 9.36. The summed E-state index contributed by atoms with van der Waals surface area (Å²) in [5, 5.41) is 2.90. The van der Waals surface area contributed by atoms with Crippen molar-refractivity contribution in [3.8, 4) is 0 Å². The molecule has 1 aliphatic rings. The van der Waals surface area contributed by atoms with Gasteiger partial charge in [-0.05, 0) is 78.8 Å². The van der Waals surface area contributed by atoms with Crippen LogP contribution in [0.4, 0.5) is 0 Å². The number of aryl methyl sites for hydroxylation is 2. The number of benzene rings is 2. The van der Waals surface area contributed by atoms with Gasteiger partial charge in [-0.2, -0.15) is 0 Å². The van der Waals surface area contributed by atoms with Gasteiger partial charge in [0.15, 0.2) is 0 Å². The summed E-state index contributed by atoms with van der Waals surface area (Å²) in [4.78, 5) is 0. The Morgan fingerprint density at radius 2 is 0.810 bits per heavy atom. The fourth-order valence-electron chi connectivity index (χ4n) is 6.50. The zero-order valence-corrected chi connectivity index (χ0v) is 28.6. The number of hydrogen-bond acceptors (Lipinski definition) is 0. The second-order valence-corrected chi connectivity index (χ2v) is 23.7. The van der Waals surface area contributed by atoms with Gasteiger partial charge < -0.3 is 0 Å². The Balaban J connectivity index is 1.78. The lowest BCUT2D eigenvalue weighted by Crippen LogP contribution is -2.32. The molecule has 0 saturated carbocycles. The van der Waals surface area contributed by atoms with E-state index in [9.17, 15) is 0 Å². The third-order valence-electron chi connectivity index (χ3n) is 8.81. The van der Waals surface area contributed by atoms with E-state index in [0.29, 0.717) is 5.66 Å². The SMILES string of the molecule is C=CC[Si](CC=C)(CC=C)CCc1ccc(P(c2ccc(CC[Si](CC=C)(CC=C)CC=C)cc2)C2C=CC=C2)cc1. The quantitative estimate of drug-likeness (QED) is 0.0753. The Labute approximate surface area is 260 Å². The van der Waals surface area contributed by atoms with Gasteiger partial charge in [0.25, 0.3) is 0 Å². The summed E-state index contributed by atoms with van der Waals surface area (Å²) in [6.07, 6.45) is 24.1. The number of hydrogen-bond donors (Lipinski definition) is 0. The first kappa shape index (κ1) is 33.7. The molecule has 0 radical (unpaired) electrons. The van der Waals surface area contributed by atoms with Crippen LogP contribution >= 0.6 is 7.92 Å². The van der Waals surface area contributed by atoms with E-state index in [2.05, 4.69) is 149 Å². The highest BCUT2D eigenvalue weighted by Crippen LogP contribution is 2.43. The molecule has 1 aliphatic carbocycles. The molecule has 0 amide bonds. The van der Waals surface area contributed by atoms with Crippen molar-refractivity contribution in [2.24, 2.45) is 0 Å². The number of allylic oxidation sites excluding steroid dienone is 10. The molecular weight excluding hydrogens is 556 g/mol. The summed E-state index contributed by atoms with van der Waals surface area (Å²) in [5.41, 5.74) is 3.31. The standard InChI is InChI=1S/C39H51PSi2/c1-7-27-41(28-8-2,29-9-3)33-25-35-17-21-38(22-18-35)40(37-15-13-14-16-37)39-23-19-36(20-24-39)26-34-42(30-10-4,31-11-5)32-12-6/h7-24,37H,1-6,25-34H2. The van der Waals surface area contributed by atoms with Crippen molar-refractivity contribution in [1.29, 1.82) is 0 Å². The fraction of sp³-hybridized carbons (Fsp3) is 0.282. The van der Waals surface area contributed by atoms with E-state index in [0.717, 1.165) is 49.1 Å². The molecule has 3 heteroatoms. The molecular formula is C39H51PSi2. The van der Waals surface area contributed by atoms with Crippen molar-refractivity contribution in [1.82, 2.24) is 0 Å². The van der Waals surface area contributed by atoms with E-state index in [1.54, 1.807) is 0 Å². The maximum Gasteiger partial charge on any atom is 0.0651 e. The summed E-state index contributed by atoms with van der Waals surface area (Å²) in [6, 6.07) is 28.4. The van der Waals surface area contributed by atoms with Crippen LogP contribution < -0.4 is 10.6 Å². The normalized spacial score (nSPS) is 13.3. The lowest BCUT2D eigenvalue weighted by molar-refractivity contribution is 1.06. The van der Waals surface area contributed by atoms with Crippen LogP contribution in [0.5, 0.6) is 0 Å². The Kier molecular flexibility index (Phi) is 13.9. The Bertz CT molecular complexity index is 1100. The molecule has 0 saturated heterocycles. The maximum absolute atomic E-state index is 4.06. The highest BCUT2D eigenvalue weighted by molar-refractivity contribution is 7.74. The second-order valence-electron chi connectivity index (χ2n) is 11.9. The van der Waals surface area contributed by atoms with Crippen LogP contribution in [0.25, 0.3) is 0 Å². The summed E-state index contributed by atoms with van der Waals surface area (Å²) in [6.45, 7) is 24.4. The Hall–Kier alpha value is -2.78. The average Bonchev–Trinajstić information content (AvgIpc) is 3.52. The first-order chi connectivity index (χ1) is 20.5. The van der Waals surface area contributed by atoms with Gasteiger partial charge in [0.1, 0.15) is 0 Å². The van der Waals surface area contributed by atoms with E-state index < -0.39 is 24.1 Å². The van der Waals surface area contributed by atoms with Gasteiger partial charge in [-0.25, -0.2) is 0 Å². The van der Waals surface area contributed by atoms with Crippen LogP contribution in [0.15, 0.2) is 149 Å². The smallest absolute Gasteiger partial charge is 0.0651 e. The third-order valence-corrected chi connectivity index (χ3v) is 21.0. The van der Waals surface area contributed by atoms with Gasteiger partial charge in [0.2, 0.25) is 0 Å². The first-order valence-corrected chi connectivity index (χ1v) is 22.5. The molecule has 2 aromatic carbocycles. The largest absolute Gasteiger partial charge is 0.103 e. The van der Waals surface area contributed by atoms with Crippen LogP contribution in [0.1, 0.15) is 11.1 Å². The van der Waals surface area contributed by atoms with Gasteiger partial charge in [-0.3, -0.25) is 0 Å². The average molecular weight is 607 g/mol. The minimum atomic E-state index is -1.51. The van der Waals surface area contributed by atoms with Crippen molar-refractivity contribution < 1.29 is 0 Å². The predicted octanol–water partition coefficient (Wildman–Crippen LogP) is 10.7. The molecule has 3 rings (SSSR count). The molecule has 0 bridgehead atoms. The van der Waals surface area contributed by atoms with Crippen molar-refractivity contribution in [2.45, 2.75) is 66.9 Å². The molecule has 0 aliphatic heterocycles. The highest BCUT2D eigenvalue weighted by Gasteiger charge is 2.30. The molecule has 0 spiro atoms. The van der Waals surface area contributed by atoms with E-state index in [4.69, 9.17) is 0 Å². The molecule has 0 aromatic heterocycles. The van der Waals surface area contributed by atoms with Crippen molar-refractivity contribution >= 4 is 34.7 Å². The zero-order valence-electron chi connectivity index (χ0n) is 25.7. The van der Waals surface area contributed by atoms with E-state index in [1.807, 2.05) is 0 Å². The summed E-state index contributed by atoms with van der Waals surface area (Å²) >= 11 is 0. The molecule has 220 valence electrons. The second kappa shape index (κ2) is 17.4.